The maximum absolute atomic E-state index is 11.0. The molecule has 25 heavy (non-hydrogen) atoms. The van der Waals surface area contributed by atoms with E-state index < -0.39 is 0 Å². The molecule has 0 atom stereocenters. The molecule has 8 nitrogen and oxygen atoms in total. The predicted molar refractivity (Wildman–Crippen MR) is 94.7 cm³/mol. The molecule has 0 aromatic heterocycles. The number of hydrazone groups is 1. The molecule has 4 heterocycles. The molecule has 4 saturated heterocycles. The molecule has 1 aromatic rings. The molecule has 1 aromatic carbocycles. The van der Waals surface area contributed by atoms with E-state index in [4.69, 9.17) is 0 Å². The molecule has 4 bridgehead atoms. The summed E-state index contributed by atoms with van der Waals surface area (Å²) in [6.07, 6.45) is 0. The van der Waals surface area contributed by atoms with Crippen LogP contribution in [0.15, 0.2) is 41.6 Å². The summed E-state index contributed by atoms with van der Waals surface area (Å²) >= 11 is 0. The third-order valence-electron chi connectivity index (χ3n) is 4.99. The van der Waals surface area contributed by atoms with Gasteiger partial charge in [0.25, 0.3) is 5.69 Å². The van der Waals surface area contributed by atoms with E-state index in [1.54, 1.807) is 24.3 Å². The number of nitrogens with zero attached hydrogens (tertiary/aromatic N) is 5. The fourth-order valence-electron chi connectivity index (χ4n) is 4.32. The third-order valence-corrected chi connectivity index (χ3v) is 4.99. The number of hydrogen-bond acceptors (Lipinski definition) is 7. The van der Waals surface area contributed by atoms with Gasteiger partial charge in [-0.25, -0.2) is 0 Å². The normalized spacial score (nSPS) is 33.3. The van der Waals surface area contributed by atoms with Gasteiger partial charge in [0.1, 0.15) is 0 Å². The first-order chi connectivity index (χ1) is 11.9. The molecular weight excluding hydrogens is 320 g/mol. The van der Waals surface area contributed by atoms with Crippen molar-refractivity contribution in [2.45, 2.75) is 6.92 Å². The van der Waals surface area contributed by atoms with Crippen LogP contribution < -0.4 is 5.43 Å². The Labute approximate surface area is 146 Å². The van der Waals surface area contributed by atoms with Gasteiger partial charge in [0, 0.05) is 37.5 Å². The molecule has 0 unspecified atom stereocenters. The Kier molecular flexibility index (Phi) is 3.82. The van der Waals surface area contributed by atoms with Crippen molar-refractivity contribution in [1.29, 1.82) is 0 Å². The molecule has 8 heteroatoms. The van der Waals surface area contributed by atoms with E-state index >= 15 is 0 Å². The van der Waals surface area contributed by atoms with Crippen LogP contribution in [-0.2, 0) is 0 Å². The number of nitrogens with one attached hydrogen (secondary N) is 1. The predicted octanol–water partition coefficient (Wildman–Crippen LogP) is 1.23. The van der Waals surface area contributed by atoms with Crippen molar-refractivity contribution in [3.8, 4) is 0 Å². The number of rotatable bonds is 5. The van der Waals surface area contributed by atoms with E-state index in [0.717, 1.165) is 56.6 Å². The molecule has 0 radical (unpaired) electrons. The summed E-state index contributed by atoms with van der Waals surface area (Å²) in [5, 5.41) is 15.6. The molecule has 0 saturated carbocycles. The fourth-order valence-corrected chi connectivity index (χ4v) is 4.32. The number of benzene rings is 1. The van der Waals surface area contributed by atoms with E-state index in [1.165, 1.54) is 0 Å². The summed E-state index contributed by atoms with van der Waals surface area (Å²) in [7, 11) is 0. The van der Waals surface area contributed by atoms with Crippen LogP contribution in [-0.4, -0.2) is 65.0 Å². The molecule has 4 fully saturated rings. The quantitative estimate of drug-likeness (QED) is 0.493. The summed E-state index contributed by atoms with van der Waals surface area (Å²) in [5.74, 6) is 0. The lowest BCUT2D eigenvalue weighted by molar-refractivity contribution is -0.384. The minimum Gasteiger partial charge on any atom is -0.283 e. The van der Waals surface area contributed by atoms with Gasteiger partial charge in [-0.3, -0.25) is 30.2 Å². The van der Waals surface area contributed by atoms with Gasteiger partial charge in [-0.05, 0) is 24.6 Å². The molecule has 0 spiro atoms. The van der Waals surface area contributed by atoms with Crippen molar-refractivity contribution in [1.82, 2.24) is 20.1 Å². The monoisotopic (exact) mass is 342 g/mol. The Bertz CT molecular complexity index is 707. The lowest BCUT2D eigenvalue weighted by Gasteiger charge is -2.60. The van der Waals surface area contributed by atoms with E-state index in [9.17, 15) is 10.1 Å². The summed E-state index contributed by atoms with van der Waals surface area (Å²) in [6.45, 7) is 11.6. The Balaban J connectivity index is 1.72. The maximum Gasteiger partial charge on any atom is 0.269 e. The summed E-state index contributed by atoms with van der Waals surface area (Å²) in [6, 6.07) is 6.70. The lowest BCUT2D eigenvalue weighted by atomic mass is 9.74. The Morgan fingerprint density at radius 3 is 2.12 bits per heavy atom. The summed E-state index contributed by atoms with van der Waals surface area (Å²) in [4.78, 5) is 17.9. The SMILES string of the molecule is C=C(C)NN=C(c1ccc([N+](=O)[O-])cc1)C12CN3CN(CN(C3)C1)C2. The summed E-state index contributed by atoms with van der Waals surface area (Å²) in [5.41, 5.74) is 5.64. The number of non-ortho nitro benzene ring substituents is 1. The Hall–Kier alpha value is -2.29. The van der Waals surface area contributed by atoms with E-state index in [0.29, 0.717) is 0 Å². The highest BCUT2D eigenvalue weighted by molar-refractivity contribution is 6.05. The zero-order valence-electron chi connectivity index (χ0n) is 14.3. The van der Waals surface area contributed by atoms with Crippen molar-refractivity contribution >= 4 is 11.4 Å². The molecular formula is C17H22N6O2. The second kappa shape index (κ2) is 5.91. The highest BCUT2D eigenvalue weighted by Gasteiger charge is 2.51. The number of allylic oxidation sites excluding steroid dienone is 1. The minimum absolute atomic E-state index is 0.0951. The molecule has 132 valence electrons. The highest BCUT2D eigenvalue weighted by atomic mass is 16.6. The second-order valence-corrected chi connectivity index (χ2v) is 7.35. The maximum atomic E-state index is 11.0. The van der Waals surface area contributed by atoms with Crippen LogP contribution in [0.5, 0.6) is 0 Å². The first-order valence-electron chi connectivity index (χ1n) is 8.37. The summed E-state index contributed by atoms with van der Waals surface area (Å²) < 4.78 is 0. The zero-order valence-corrected chi connectivity index (χ0v) is 14.3. The molecule has 4 aliphatic heterocycles. The van der Waals surface area contributed by atoms with E-state index in [-0.39, 0.29) is 16.0 Å². The molecule has 0 amide bonds. The molecule has 5 rings (SSSR count). The van der Waals surface area contributed by atoms with Gasteiger partial charge in [0.15, 0.2) is 0 Å². The van der Waals surface area contributed by atoms with Gasteiger partial charge in [-0.2, -0.15) is 5.10 Å². The topological polar surface area (TPSA) is 77.2 Å². The first kappa shape index (κ1) is 16.2. The molecule has 4 aliphatic rings. The number of nitro groups is 1. The van der Waals surface area contributed by atoms with Gasteiger partial charge < -0.3 is 0 Å². The molecule has 1 N–H and O–H groups in total. The van der Waals surface area contributed by atoms with Crippen LogP contribution in [0.1, 0.15) is 12.5 Å². The zero-order chi connectivity index (χ0) is 17.6. The second-order valence-electron chi connectivity index (χ2n) is 7.35. The van der Waals surface area contributed by atoms with E-state index in [2.05, 4.69) is 31.8 Å². The van der Waals surface area contributed by atoms with Gasteiger partial charge in [-0.15, -0.1) is 0 Å². The Morgan fingerprint density at radius 2 is 1.68 bits per heavy atom. The third kappa shape index (κ3) is 2.92. The standard InChI is InChI=1S/C17H22N6O2/c1-13(2)18-19-16(14-3-5-15(6-4-14)23(24)25)17-7-20-10-21(8-17)12-22(9-17)11-20/h3-6,18H,1,7-12H2,2H3. The largest absolute Gasteiger partial charge is 0.283 e. The van der Waals surface area contributed by atoms with Crippen LogP contribution >= 0.6 is 0 Å². The van der Waals surface area contributed by atoms with E-state index in [1.807, 2.05) is 6.92 Å². The average Bonchev–Trinajstić information content (AvgIpc) is 2.53. The highest BCUT2D eigenvalue weighted by Crippen LogP contribution is 2.38. The van der Waals surface area contributed by atoms with Gasteiger partial charge in [0.2, 0.25) is 0 Å². The first-order valence-corrected chi connectivity index (χ1v) is 8.37. The van der Waals surface area contributed by atoms with Gasteiger partial charge >= 0.3 is 0 Å². The van der Waals surface area contributed by atoms with Crippen molar-refractivity contribution in [3.63, 3.8) is 0 Å². The lowest BCUT2D eigenvalue weighted by Crippen LogP contribution is -2.74. The fraction of sp³-hybridized carbons (Fsp3) is 0.471. The van der Waals surface area contributed by atoms with Crippen molar-refractivity contribution in [2.24, 2.45) is 10.5 Å². The van der Waals surface area contributed by atoms with Crippen molar-refractivity contribution < 1.29 is 4.92 Å². The average molecular weight is 342 g/mol. The van der Waals surface area contributed by atoms with Gasteiger partial charge in [-0.1, -0.05) is 6.58 Å². The minimum atomic E-state index is -0.374. The Morgan fingerprint density at radius 1 is 1.16 bits per heavy atom. The smallest absolute Gasteiger partial charge is 0.269 e. The number of nitro benzene ring substituents is 1. The van der Waals surface area contributed by atoms with Crippen LogP contribution in [0, 0.1) is 15.5 Å². The van der Waals surface area contributed by atoms with Crippen LogP contribution in [0.25, 0.3) is 0 Å². The molecule has 0 aliphatic carbocycles. The van der Waals surface area contributed by atoms with Crippen molar-refractivity contribution in [2.75, 3.05) is 39.6 Å². The number of hydrogen-bond donors (Lipinski definition) is 1. The van der Waals surface area contributed by atoms with Crippen molar-refractivity contribution in [3.05, 3.63) is 52.2 Å². The van der Waals surface area contributed by atoms with Gasteiger partial charge in [0.05, 0.1) is 36.1 Å². The van der Waals surface area contributed by atoms with Crippen LogP contribution in [0.2, 0.25) is 0 Å². The van der Waals surface area contributed by atoms with Crippen LogP contribution in [0.4, 0.5) is 5.69 Å². The van der Waals surface area contributed by atoms with Crippen LogP contribution in [0.3, 0.4) is 0 Å².